The van der Waals surface area contributed by atoms with E-state index in [0.29, 0.717) is 13.1 Å². The molecule has 1 aromatic rings. The number of rotatable bonds is 3. The molecule has 10 heteroatoms. The van der Waals surface area contributed by atoms with Crippen LogP contribution in [0.2, 0.25) is 15.2 Å². The number of halogens is 3. The molecule has 2 heterocycles. The Labute approximate surface area is 153 Å². The van der Waals surface area contributed by atoms with Gasteiger partial charge in [-0.05, 0) is 25.4 Å². The number of aromatic amines is 1. The minimum Gasteiger partial charge on any atom is -0.448 e. The molecule has 1 aromatic heterocycles. The lowest BCUT2D eigenvalue weighted by Crippen LogP contribution is -2.49. The van der Waals surface area contributed by atoms with Gasteiger partial charge in [0.2, 0.25) is 0 Å². The second kappa shape index (κ2) is 7.74. The topological polar surface area (TPSA) is 96.0 Å². The van der Waals surface area contributed by atoms with Gasteiger partial charge >= 0.3 is 11.7 Å². The second-order valence-electron chi connectivity index (χ2n) is 5.49. The van der Waals surface area contributed by atoms with E-state index in [1.807, 2.05) is 13.8 Å². The molecule has 0 bridgehead atoms. The summed E-state index contributed by atoms with van der Waals surface area (Å²) in [5.74, 6) is -1.18. The van der Waals surface area contributed by atoms with Crippen LogP contribution < -0.4 is 10.7 Å². The number of carbonyl (C=O) groups is 2. The van der Waals surface area contributed by atoms with Crippen molar-refractivity contribution in [1.29, 1.82) is 0 Å². The molecule has 2 rings (SSSR count). The van der Waals surface area contributed by atoms with Crippen molar-refractivity contribution < 1.29 is 24.0 Å². The zero-order valence-electron chi connectivity index (χ0n) is 13.1. The summed E-state index contributed by atoms with van der Waals surface area (Å²) in [6.45, 7) is 4.19. The van der Waals surface area contributed by atoms with Crippen molar-refractivity contribution in [2.24, 2.45) is 0 Å². The van der Waals surface area contributed by atoms with Crippen LogP contribution in [0.25, 0.3) is 0 Å². The standard InChI is InChI=1S/C14H16Cl3N3O4/c1-6-3-20(4-7(2)24-6)8(21)5-23-14(22)12-9(15)11(18)10(16)13(17)19-12/h6-7H,3-5H2,1-2H3,(H2,18,19)/p+1/t6-,7+. The number of nitrogens with one attached hydrogen (secondary N) is 1. The SMILES string of the molecule is C[C@@H]1CN(C(=O)COC(=O)c2[nH+]c(Cl)c(Cl)c(N)c2Cl)C[C@H](C)O1. The third-order valence-corrected chi connectivity index (χ3v) is 4.59. The van der Waals surface area contributed by atoms with Crippen LogP contribution in [0.4, 0.5) is 5.69 Å². The van der Waals surface area contributed by atoms with E-state index in [0.717, 1.165) is 0 Å². The first kappa shape index (κ1) is 19.1. The summed E-state index contributed by atoms with van der Waals surface area (Å²) in [5.41, 5.74) is 5.45. The molecular weight excluding hydrogens is 381 g/mol. The van der Waals surface area contributed by atoms with E-state index in [-0.39, 0.29) is 44.7 Å². The van der Waals surface area contributed by atoms with Crippen molar-refractivity contribution in [3.63, 3.8) is 0 Å². The van der Waals surface area contributed by atoms with Crippen molar-refractivity contribution in [1.82, 2.24) is 4.90 Å². The zero-order chi connectivity index (χ0) is 18.0. The van der Waals surface area contributed by atoms with Gasteiger partial charge in [-0.3, -0.25) is 4.79 Å². The smallest absolute Gasteiger partial charge is 0.405 e. The molecule has 1 amide bonds. The first-order valence-corrected chi connectivity index (χ1v) is 8.29. The quantitative estimate of drug-likeness (QED) is 0.620. The maximum Gasteiger partial charge on any atom is 0.405 e. The van der Waals surface area contributed by atoms with E-state index in [1.165, 1.54) is 0 Å². The lowest BCUT2D eigenvalue weighted by molar-refractivity contribution is -0.380. The fourth-order valence-corrected chi connectivity index (χ4v) is 2.99. The number of carbonyl (C=O) groups excluding carboxylic acids is 2. The number of morpholine rings is 1. The maximum atomic E-state index is 12.2. The third-order valence-electron chi connectivity index (χ3n) is 3.42. The molecule has 3 N–H and O–H groups in total. The second-order valence-corrected chi connectivity index (χ2v) is 6.62. The molecule has 1 aliphatic rings. The van der Waals surface area contributed by atoms with E-state index in [2.05, 4.69) is 4.98 Å². The molecule has 0 radical (unpaired) electrons. The van der Waals surface area contributed by atoms with Crippen molar-refractivity contribution in [2.75, 3.05) is 25.4 Å². The Hall–Kier alpha value is -1.28. The Morgan fingerprint density at radius 2 is 1.83 bits per heavy atom. The average Bonchev–Trinajstić information content (AvgIpc) is 2.52. The molecule has 1 fully saturated rings. The van der Waals surface area contributed by atoms with E-state index in [4.69, 9.17) is 50.0 Å². The lowest BCUT2D eigenvalue weighted by Gasteiger charge is -2.35. The molecule has 24 heavy (non-hydrogen) atoms. The molecule has 0 aromatic carbocycles. The van der Waals surface area contributed by atoms with Crippen LogP contribution in [0.1, 0.15) is 24.3 Å². The Morgan fingerprint density at radius 3 is 2.42 bits per heavy atom. The number of hydrogen-bond donors (Lipinski definition) is 1. The summed E-state index contributed by atoms with van der Waals surface area (Å²) in [7, 11) is 0. The minimum absolute atomic E-state index is 0.00517. The highest BCUT2D eigenvalue weighted by atomic mass is 35.5. The van der Waals surface area contributed by atoms with Gasteiger partial charge in [0.25, 0.3) is 11.1 Å². The van der Waals surface area contributed by atoms with Gasteiger partial charge in [0, 0.05) is 13.1 Å². The summed E-state index contributed by atoms with van der Waals surface area (Å²) in [4.78, 5) is 28.4. The lowest BCUT2D eigenvalue weighted by atomic mass is 10.2. The number of esters is 1. The van der Waals surface area contributed by atoms with Gasteiger partial charge in [0.15, 0.2) is 6.61 Å². The van der Waals surface area contributed by atoms with Crippen molar-refractivity contribution in [3.8, 4) is 0 Å². The third kappa shape index (κ3) is 4.22. The first-order chi connectivity index (χ1) is 11.2. The highest BCUT2D eigenvalue weighted by molar-refractivity contribution is 6.45. The highest BCUT2D eigenvalue weighted by Gasteiger charge is 2.30. The van der Waals surface area contributed by atoms with Gasteiger partial charge in [0.05, 0.1) is 17.9 Å². The number of pyridine rings is 1. The number of H-pyrrole nitrogens is 1. The van der Waals surface area contributed by atoms with Crippen molar-refractivity contribution in [2.45, 2.75) is 26.1 Å². The molecule has 0 spiro atoms. The molecule has 2 atom stereocenters. The Kier molecular flexibility index (Phi) is 6.14. The van der Waals surface area contributed by atoms with Gasteiger partial charge in [0.1, 0.15) is 10.0 Å². The number of ether oxygens (including phenoxy) is 2. The molecule has 0 aliphatic carbocycles. The van der Waals surface area contributed by atoms with Crippen molar-refractivity contribution >= 4 is 52.4 Å². The summed E-state index contributed by atoms with van der Waals surface area (Å²) < 4.78 is 10.5. The fraction of sp³-hybridized carbons (Fsp3) is 0.500. The molecule has 0 saturated carbocycles. The van der Waals surface area contributed by atoms with Crippen LogP contribution in [0, 0.1) is 0 Å². The van der Waals surface area contributed by atoms with Crippen molar-refractivity contribution in [3.05, 3.63) is 20.9 Å². The minimum atomic E-state index is -0.854. The first-order valence-electron chi connectivity index (χ1n) is 7.16. The number of anilines is 1. The fourth-order valence-electron chi connectivity index (χ4n) is 2.38. The summed E-state index contributed by atoms with van der Waals surface area (Å²) in [6, 6.07) is 0. The molecular formula is C14H17Cl3N3O4+. The predicted molar refractivity (Wildman–Crippen MR) is 89.3 cm³/mol. The van der Waals surface area contributed by atoms with E-state index >= 15 is 0 Å². The number of aromatic nitrogens is 1. The molecule has 7 nitrogen and oxygen atoms in total. The number of hydrogen-bond acceptors (Lipinski definition) is 5. The van der Waals surface area contributed by atoms with Gasteiger partial charge in [-0.25, -0.2) is 4.79 Å². The van der Waals surface area contributed by atoms with Crippen LogP contribution >= 0.6 is 34.8 Å². The predicted octanol–water partition coefficient (Wildman–Crippen LogP) is 1.84. The highest BCUT2D eigenvalue weighted by Crippen LogP contribution is 2.32. The maximum absolute atomic E-state index is 12.2. The van der Waals surface area contributed by atoms with Gasteiger partial charge in [-0.2, -0.15) is 4.98 Å². The summed E-state index contributed by atoms with van der Waals surface area (Å²) in [5, 5.41) is -0.159. The van der Waals surface area contributed by atoms with Crippen LogP contribution in [0.3, 0.4) is 0 Å². The molecule has 132 valence electrons. The van der Waals surface area contributed by atoms with Gasteiger partial charge in [-0.1, -0.05) is 23.2 Å². The zero-order valence-corrected chi connectivity index (χ0v) is 15.3. The van der Waals surface area contributed by atoms with Crippen LogP contribution in [0.15, 0.2) is 0 Å². The summed E-state index contributed by atoms with van der Waals surface area (Å²) in [6.07, 6.45) is -0.155. The van der Waals surface area contributed by atoms with E-state index in [1.54, 1.807) is 4.90 Å². The molecule has 1 aliphatic heterocycles. The average molecular weight is 398 g/mol. The van der Waals surface area contributed by atoms with Crippen LogP contribution in [0.5, 0.6) is 0 Å². The number of nitrogens with zero attached hydrogens (tertiary/aromatic N) is 1. The van der Waals surface area contributed by atoms with Crippen LogP contribution in [-0.4, -0.2) is 48.7 Å². The normalized spacial score (nSPS) is 20.8. The summed E-state index contributed by atoms with van der Waals surface area (Å²) >= 11 is 17.6. The van der Waals surface area contributed by atoms with Crippen LogP contribution in [-0.2, 0) is 14.3 Å². The number of amides is 1. The van der Waals surface area contributed by atoms with E-state index < -0.39 is 12.6 Å². The Balaban J connectivity index is 2.02. The monoisotopic (exact) mass is 396 g/mol. The van der Waals surface area contributed by atoms with Gasteiger partial charge < -0.3 is 20.1 Å². The van der Waals surface area contributed by atoms with Gasteiger partial charge in [-0.15, -0.1) is 0 Å². The Bertz CT molecular complexity index is 661. The number of nitrogens with two attached hydrogens (primary N) is 1. The Morgan fingerprint density at radius 1 is 1.25 bits per heavy atom. The largest absolute Gasteiger partial charge is 0.448 e. The molecule has 0 unspecified atom stereocenters. The van der Waals surface area contributed by atoms with E-state index in [9.17, 15) is 9.59 Å². The number of nitrogen functional groups attached to an aromatic ring is 1. The molecule has 1 saturated heterocycles.